The largest absolute Gasteiger partial charge is 0.312 e. The van der Waals surface area contributed by atoms with E-state index in [0.29, 0.717) is 24.0 Å². The van der Waals surface area contributed by atoms with Gasteiger partial charge >= 0.3 is 0 Å². The van der Waals surface area contributed by atoms with Gasteiger partial charge in [0.15, 0.2) is 0 Å². The topological polar surface area (TPSA) is 57.7 Å². The summed E-state index contributed by atoms with van der Waals surface area (Å²) in [6.07, 6.45) is 3.69. The zero-order valence-electron chi connectivity index (χ0n) is 15.6. The minimum absolute atomic E-state index is 0.114. The van der Waals surface area contributed by atoms with E-state index < -0.39 is 0 Å². The number of benzene rings is 2. The lowest BCUT2D eigenvalue weighted by Crippen LogP contribution is -2.46. The fourth-order valence-electron chi connectivity index (χ4n) is 5.09. The molecule has 5 heteroatoms. The highest BCUT2D eigenvalue weighted by atomic mass is 16.2. The van der Waals surface area contributed by atoms with E-state index in [4.69, 9.17) is 0 Å². The Morgan fingerprint density at radius 2 is 1.32 bits per heavy atom. The average Bonchev–Trinajstić information content (AvgIpc) is 3.19. The maximum atomic E-state index is 13.2. The monoisotopic (exact) mass is 374 g/mol. The van der Waals surface area contributed by atoms with Gasteiger partial charge in [-0.2, -0.15) is 0 Å². The molecule has 3 amide bonds. The molecule has 28 heavy (non-hydrogen) atoms. The fourth-order valence-corrected chi connectivity index (χ4v) is 5.09. The van der Waals surface area contributed by atoms with Gasteiger partial charge in [0, 0.05) is 18.3 Å². The van der Waals surface area contributed by atoms with Crippen LogP contribution in [-0.4, -0.2) is 35.2 Å². The third-order valence-electron chi connectivity index (χ3n) is 6.68. The van der Waals surface area contributed by atoms with Crippen molar-refractivity contribution in [2.24, 2.45) is 5.41 Å². The number of rotatable bonds is 2. The SMILES string of the molecule is O=C1c2ccccc2C(=O)N1C1CCC2(CC1)CCN(c1ccccc1)C2=O. The lowest BCUT2D eigenvalue weighted by molar-refractivity contribution is -0.127. The Balaban J connectivity index is 1.32. The van der Waals surface area contributed by atoms with Crippen LogP contribution in [-0.2, 0) is 4.79 Å². The molecule has 3 aliphatic rings. The van der Waals surface area contributed by atoms with E-state index in [-0.39, 0.29) is 29.2 Å². The first kappa shape index (κ1) is 17.2. The molecule has 1 saturated carbocycles. The summed E-state index contributed by atoms with van der Waals surface area (Å²) < 4.78 is 0. The molecule has 1 spiro atoms. The van der Waals surface area contributed by atoms with Crippen LogP contribution in [0.5, 0.6) is 0 Å². The highest BCUT2D eigenvalue weighted by molar-refractivity contribution is 6.21. The zero-order chi connectivity index (χ0) is 19.3. The van der Waals surface area contributed by atoms with Gasteiger partial charge in [0.05, 0.1) is 16.5 Å². The van der Waals surface area contributed by atoms with Crippen molar-refractivity contribution in [3.05, 3.63) is 65.7 Å². The van der Waals surface area contributed by atoms with Gasteiger partial charge in [-0.25, -0.2) is 0 Å². The third-order valence-corrected chi connectivity index (χ3v) is 6.68. The molecule has 0 N–H and O–H groups in total. The van der Waals surface area contributed by atoms with E-state index in [1.165, 1.54) is 4.90 Å². The highest BCUT2D eigenvalue weighted by Crippen LogP contribution is 2.47. The molecule has 5 nitrogen and oxygen atoms in total. The molecule has 2 aromatic carbocycles. The molecule has 0 aromatic heterocycles. The van der Waals surface area contributed by atoms with E-state index in [0.717, 1.165) is 31.5 Å². The lowest BCUT2D eigenvalue weighted by Gasteiger charge is -2.38. The minimum Gasteiger partial charge on any atom is -0.312 e. The summed E-state index contributed by atoms with van der Waals surface area (Å²) in [4.78, 5) is 42.0. The van der Waals surface area contributed by atoms with Crippen LogP contribution in [0.2, 0.25) is 0 Å². The summed E-state index contributed by atoms with van der Waals surface area (Å²) in [6.45, 7) is 0.737. The van der Waals surface area contributed by atoms with Gasteiger partial charge in [-0.1, -0.05) is 30.3 Å². The van der Waals surface area contributed by atoms with Gasteiger partial charge < -0.3 is 4.90 Å². The van der Waals surface area contributed by atoms with Crippen molar-refractivity contribution in [2.75, 3.05) is 11.4 Å². The van der Waals surface area contributed by atoms with Crippen molar-refractivity contribution in [2.45, 2.75) is 38.1 Å². The maximum absolute atomic E-state index is 13.2. The summed E-state index contributed by atoms with van der Waals surface area (Å²) in [5.41, 5.74) is 1.61. The second-order valence-electron chi connectivity index (χ2n) is 8.08. The van der Waals surface area contributed by atoms with Gasteiger partial charge in [0.25, 0.3) is 11.8 Å². The minimum atomic E-state index is -0.342. The number of para-hydroxylation sites is 1. The van der Waals surface area contributed by atoms with E-state index >= 15 is 0 Å². The van der Waals surface area contributed by atoms with Crippen molar-refractivity contribution < 1.29 is 14.4 Å². The Morgan fingerprint density at radius 1 is 0.750 bits per heavy atom. The van der Waals surface area contributed by atoms with Crippen LogP contribution in [0.3, 0.4) is 0 Å². The van der Waals surface area contributed by atoms with Crippen LogP contribution in [0.25, 0.3) is 0 Å². The molecule has 0 atom stereocenters. The van der Waals surface area contributed by atoms with Gasteiger partial charge in [0.1, 0.15) is 0 Å². The van der Waals surface area contributed by atoms with Crippen molar-refractivity contribution >= 4 is 23.4 Å². The van der Waals surface area contributed by atoms with E-state index in [2.05, 4.69) is 0 Å². The molecule has 1 aliphatic carbocycles. The summed E-state index contributed by atoms with van der Waals surface area (Å²) in [5.74, 6) is -0.185. The molecule has 0 radical (unpaired) electrons. The van der Waals surface area contributed by atoms with Crippen molar-refractivity contribution in [3.63, 3.8) is 0 Å². The number of imide groups is 1. The second-order valence-corrected chi connectivity index (χ2v) is 8.08. The maximum Gasteiger partial charge on any atom is 0.261 e. The first-order chi connectivity index (χ1) is 13.6. The predicted octanol–water partition coefficient (Wildman–Crippen LogP) is 3.65. The Morgan fingerprint density at radius 3 is 1.93 bits per heavy atom. The molecule has 2 aromatic rings. The van der Waals surface area contributed by atoms with Crippen LogP contribution < -0.4 is 4.90 Å². The van der Waals surface area contributed by atoms with Crippen LogP contribution in [0.15, 0.2) is 54.6 Å². The number of anilines is 1. The van der Waals surface area contributed by atoms with Crippen molar-refractivity contribution in [3.8, 4) is 0 Å². The lowest BCUT2D eigenvalue weighted by atomic mass is 9.71. The van der Waals surface area contributed by atoms with E-state index in [9.17, 15) is 14.4 Å². The summed E-state index contributed by atoms with van der Waals surface area (Å²) in [6, 6.07) is 16.7. The number of fused-ring (bicyclic) bond motifs is 1. The van der Waals surface area contributed by atoms with Crippen molar-refractivity contribution in [1.29, 1.82) is 0 Å². The third kappa shape index (κ3) is 2.42. The van der Waals surface area contributed by atoms with Crippen molar-refractivity contribution in [1.82, 2.24) is 4.90 Å². The molecular weight excluding hydrogens is 352 g/mol. The summed E-state index contributed by atoms with van der Waals surface area (Å²) in [7, 11) is 0. The number of hydrogen-bond acceptors (Lipinski definition) is 3. The molecule has 2 fully saturated rings. The zero-order valence-corrected chi connectivity index (χ0v) is 15.6. The highest BCUT2D eigenvalue weighted by Gasteiger charge is 2.51. The van der Waals surface area contributed by atoms with Gasteiger partial charge in [-0.05, 0) is 56.4 Å². The van der Waals surface area contributed by atoms with E-state index in [1.807, 2.05) is 35.2 Å². The molecular formula is C23H22N2O3. The molecule has 142 valence electrons. The average molecular weight is 374 g/mol. The Bertz CT molecular complexity index is 926. The first-order valence-electron chi connectivity index (χ1n) is 9.95. The molecule has 0 bridgehead atoms. The molecule has 5 rings (SSSR count). The molecule has 2 heterocycles. The second kappa shape index (κ2) is 6.30. The quantitative estimate of drug-likeness (QED) is 0.754. The van der Waals surface area contributed by atoms with Gasteiger partial charge in [-0.3, -0.25) is 19.3 Å². The van der Waals surface area contributed by atoms with Gasteiger partial charge in [0.2, 0.25) is 5.91 Å². The van der Waals surface area contributed by atoms with E-state index in [1.54, 1.807) is 24.3 Å². The standard InChI is InChI=1S/C23H22N2O3/c26-20-18-8-4-5-9-19(18)21(27)25(20)17-10-12-23(13-11-17)14-15-24(22(23)28)16-6-2-1-3-7-16/h1-9,17H,10-15H2. The number of amides is 3. The summed E-state index contributed by atoms with van der Waals surface area (Å²) in [5, 5.41) is 0. The summed E-state index contributed by atoms with van der Waals surface area (Å²) >= 11 is 0. The van der Waals surface area contributed by atoms with Crippen LogP contribution in [0, 0.1) is 5.41 Å². The Labute approximate surface area is 163 Å². The smallest absolute Gasteiger partial charge is 0.261 e. The number of nitrogens with zero attached hydrogens (tertiary/aromatic N) is 2. The number of hydrogen-bond donors (Lipinski definition) is 0. The Hall–Kier alpha value is -2.95. The first-order valence-corrected chi connectivity index (χ1v) is 9.95. The molecule has 1 saturated heterocycles. The van der Waals surface area contributed by atoms with Crippen LogP contribution in [0.1, 0.15) is 52.8 Å². The molecule has 0 unspecified atom stereocenters. The predicted molar refractivity (Wildman–Crippen MR) is 105 cm³/mol. The fraction of sp³-hybridized carbons (Fsp3) is 0.348. The normalized spacial score (nSPS) is 27.0. The van der Waals surface area contributed by atoms with Crippen LogP contribution in [0.4, 0.5) is 5.69 Å². The van der Waals surface area contributed by atoms with Crippen LogP contribution >= 0.6 is 0 Å². The Kier molecular flexibility index (Phi) is 3.86. The number of carbonyl (C=O) groups is 3. The number of carbonyl (C=O) groups excluding carboxylic acids is 3. The molecule has 2 aliphatic heterocycles. The van der Waals surface area contributed by atoms with Gasteiger partial charge in [-0.15, -0.1) is 0 Å².